The number of anilines is 1. The van der Waals surface area contributed by atoms with Crippen molar-refractivity contribution in [1.82, 2.24) is 10.2 Å². The van der Waals surface area contributed by atoms with Crippen molar-refractivity contribution in [2.24, 2.45) is 0 Å². The Balaban J connectivity index is 2.35. The highest BCUT2D eigenvalue weighted by Gasteiger charge is 2.30. The summed E-state index contributed by atoms with van der Waals surface area (Å²) >= 11 is 0. The van der Waals surface area contributed by atoms with E-state index in [1.807, 2.05) is 38.1 Å². The van der Waals surface area contributed by atoms with E-state index >= 15 is 0 Å². The summed E-state index contributed by atoms with van der Waals surface area (Å²) in [7, 11) is -3.88. The largest absolute Gasteiger partial charge is 0.354 e. The van der Waals surface area contributed by atoms with Gasteiger partial charge >= 0.3 is 0 Å². The topological polar surface area (TPSA) is 86.8 Å². The number of amides is 2. The normalized spacial score (nSPS) is 12.2. The maximum atomic E-state index is 13.7. The summed E-state index contributed by atoms with van der Waals surface area (Å²) in [4.78, 5) is 27.2. The second-order valence-electron chi connectivity index (χ2n) is 7.72. The number of nitrogens with one attached hydrogen (secondary N) is 1. The summed E-state index contributed by atoms with van der Waals surface area (Å²) in [6, 6.07) is 11.7. The van der Waals surface area contributed by atoms with Crippen molar-refractivity contribution in [2.75, 3.05) is 23.7 Å². The minimum absolute atomic E-state index is 0.0409. The molecule has 2 aromatic rings. The Bertz CT molecular complexity index is 1040. The molecule has 1 atom stereocenters. The van der Waals surface area contributed by atoms with Crippen LogP contribution in [0.5, 0.6) is 0 Å². The van der Waals surface area contributed by atoms with Gasteiger partial charge in [-0.25, -0.2) is 12.8 Å². The average Bonchev–Trinajstić information content (AvgIpc) is 2.73. The van der Waals surface area contributed by atoms with Crippen LogP contribution in [0.1, 0.15) is 31.4 Å². The molecule has 0 radical (unpaired) electrons. The van der Waals surface area contributed by atoms with E-state index in [0.717, 1.165) is 34.2 Å². The smallest absolute Gasteiger partial charge is 0.244 e. The Morgan fingerprint density at radius 3 is 2.34 bits per heavy atom. The van der Waals surface area contributed by atoms with Gasteiger partial charge in [0.05, 0.1) is 11.9 Å². The van der Waals surface area contributed by atoms with Crippen LogP contribution >= 0.6 is 0 Å². The molecule has 9 heteroatoms. The van der Waals surface area contributed by atoms with Crippen LogP contribution in [0.25, 0.3) is 0 Å². The van der Waals surface area contributed by atoms with Crippen molar-refractivity contribution in [1.29, 1.82) is 0 Å². The quantitative estimate of drug-likeness (QED) is 0.587. The van der Waals surface area contributed by atoms with Crippen molar-refractivity contribution in [3.63, 3.8) is 0 Å². The number of sulfonamides is 1. The van der Waals surface area contributed by atoms with Gasteiger partial charge in [-0.05, 0) is 44.0 Å². The molecule has 0 aliphatic heterocycles. The molecule has 2 rings (SSSR count). The minimum Gasteiger partial charge on any atom is -0.354 e. The predicted octanol–water partition coefficient (Wildman–Crippen LogP) is 2.84. The lowest BCUT2D eigenvalue weighted by molar-refractivity contribution is -0.139. The molecule has 32 heavy (non-hydrogen) atoms. The van der Waals surface area contributed by atoms with Gasteiger partial charge in [-0.3, -0.25) is 13.9 Å². The molecule has 0 bridgehead atoms. The molecule has 2 aromatic carbocycles. The number of hydrogen-bond acceptors (Lipinski definition) is 4. The maximum absolute atomic E-state index is 13.7. The number of carbonyl (C=O) groups excluding carboxylic acids is 2. The minimum atomic E-state index is -3.88. The lowest BCUT2D eigenvalue weighted by Gasteiger charge is -2.31. The molecular formula is C23H30FN3O4S. The van der Waals surface area contributed by atoms with Gasteiger partial charge in [0.15, 0.2) is 0 Å². The Labute approximate surface area is 189 Å². The van der Waals surface area contributed by atoms with E-state index < -0.39 is 34.3 Å². The summed E-state index contributed by atoms with van der Waals surface area (Å²) in [5.74, 6) is -1.52. The number of aryl methyl sites for hydroxylation is 1. The fraction of sp³-hybridized carbons (Fsp3) is 0.391. The first-order valence-corrected chi connectivity index (χ1v) is 12.2. The van der Waals surface area contributed by atoms with Crippen molar-refractivity contribution in [3.05, 3.63) is 65.5 Å². The monoisotopic (exact) mass is 463 g/mol. The third-order valence-electron chi connectivity index (χ3n) is 4.97. The van der Waals surface area contributed by atoms with Crippen LogP contribution in [-0.2, 0) is 26.2 Å². The number of hydrogen-bond donors (Lipinski definition) is 1. The maximum Gasteiger partial charge on any atom is 0.244 e. The van der Waals surface area contributed by atoms with Crippen molar-refractivity contribution >= 4 is 27.5 Å². The summed E-state index contributed by atoms with van der Waals surface area (Å²) < 4.78 is 39.4. The molecule has 0 unspecified atom stereocenters. The second kappa shape index (κ2) is 11.1. The van der Waals surface area contributed by atoms with Gasteiger partial charge in [-0.2, -0.15) is 0 Å². The molecule has 0 aliphatic rings. The van der Waals surface area contributed by atoms with Crippen LogP contribution in [0.4, 0.5) is 10.1 Å². The Kier molecular flexibility index (Phi) is 8.77. The highest BCUT2D eigenvalue weighted by Crippen LogP contribution is 2.20. The van der Waals surface area contributed by atoms with E-state index in [9.17, 15) is 22.4 Å². The van der Waals surface area contributed by atoms with E-state index in [-0.39, 0.29) is 18.1 Å². The first-order chi connectivity index (χ1) is 15.0. The van der Waals surface area contributed by atoms with Crippen LogP contribution in [0, 0.1) is 12.7 Å². The van der Waals surface area contributed by atoms with Crippen molar-refractivity contribution in [3.8, 4) is 0 Å². The third-order valence-corrected chi connectivity index (χ3v) is 6.11. The van der Waals surface area contributed by atoms with Gasteiger partial charge in [-0.1, -0.05) is 42.8 Å². The third kappa shape index (κ3) is 7.05. The summed E-state index contributed by atoms with van der Waals surface area (Å²) in [6.45, 7) is 5.50. The lowest BCUT2D eigenvalue weighted by Crippen LogP contribution is -2.51. The fourth-order valence-corrected chi connectivity index (χ4v) is 3.96. The van der Waals surface area contributed by atoms with E-state index in [1.165, 1.54) is 23.1 Å². The predicted molar refractivity (Wildman–Crippen MR) is 123 cm³/mol. The number of carbonyl (C=O) groups is 2. The molecule has 0 saturated heterocycles. The molecule has 0 heterocycles. The van der Waals surface area contributed by atoms with E-state index in [0.29, 0.717) is 6.54 Å². The Morgan fingerprint density at radius 1 is 1.12 bits per heavy atom. The zero-order valence-corrected chi connectivity index (χ0v) is 19.7. The Morgan fingerprint density at radius 2 is 1.78 bits per heavy atom. The standard InChI is InChI=1S/C23H30FN3O4S/c1-5-13-25-23(29)18(3)26(15-19-11-9-17(2)10-12-19)22(28)16-27(32(4,30)31)21-8-6-7-20(24)14-21/h6-12,14,18H,5,13,15-16H2,1-4H3,(H,25,29)/t18-/m0/s1. The summed E-state index contributed by atoms with van der Waals surface area (Å²) in [6.07, 6.45) is 1.69. The van der Waals surface area contributed by atoms with E-state index in [4.69, 9.17) is 0 Å². The first kappa shape index (κ1) is 25.3. The van der Waals surface area contributed by atoms with Crippen LogP contribution in [0.15, 0.2) is 48.5 Å². The molecule has 0 aliphatic carbocycles. The highest BCUT2D eigenvalue weighted by atomic mass is 32.2. The molecule has 174 valence electrons. The van der Waals surface area contributed by atoms with Crippen molar-refractivity contribution in [2.45, 2.75) is 39.8 Å². The molecule has 0 aromatic heterocycles. The van der Waals surface area contributed by atoms with Gasteiger partial charge in [-0.15, -0.1) is 0 Å². The number of nitrogens with zero attached hydrogens (tertiary/aromatic N) is 2. The lowest BCUT2D eigenvalue weighted by atomic mass is 10.1. The molecule has 0 fully saturated rings. The zero-order valence-electron chi connectivity index (χ0n) is 18.8. The molecule has 1 N–H and O–H groups in total. The fourth-order valence-electron chi connectivity index (χ4n) is 3.11. The second-order valence-corrected chi connectivity index (χ2v) is 9.63. The van der Waals surface area contributed by atoms with Gasteiger partial charge in [0, 0.05) is 13.1 Å². The summed E-state index contributed by atoms with van der Waals surface area (Å²) in [5.41, 5.74) is 1.89. The Hall–Kier alpha value is -2.94. The van der Waals surface area contributed by atoms with Crippen LogP contribution in [0.2, 0.25) is 0 Å². The van der Waals surface area contributed by atoms with E-state index in [2.05, 4.69) is 5.32 Å². The average molecular weight is 464 g/mol. The van der Waals surface area contributed by atoms with Crippen LogP contribution in [-0.4, -0.2) is 50.5 Å². The molecule has 7 nitrogen and oxygen atoms in total. The zero-order chi connectivity index (χ0) is 23.9. The first-order valence-electron chi connectivity index (χ1n) is 10.4. The van der Waals surface area contributed by atoms with Crippen LogP contribution in [0.3, 0.4) is 0 Å². The number of rotatable bonds is 10. The SMILES string of the molecule is CCCNC(=O)[C@H](C)N(Cc1ccc(C)cc1)C(=O)CN(c1cccc(F)c1)S(C)(=O)=O. The van der Waals surface area contributed by atoms with Crippen molar-refractivity contribution < 1.29 is 22.4 Å². The van der Waals surface area contributed by atoms with E-state index in [1.54, 1.807) is 6.92 Å². The molecule has 0 spiro atoms. The van der Waals surface area contributed by atoms with Gasteiger partial charge in [0.25, 0.3) is 0 Å². The molecular weight excluding hydrogens is 433 g/mol. The summed E-state index contributed by atoms with van der Waals surface area (Å²) in [5, 5.41) is 2.77. The van der Waals surface area contributed by atoms with Gasteiger partial charge < -0.3 is 10.2 Å². The molecule has 2 amide bonds. The van der Waals surface area contributed by atoms with Crippen LogP contribution < -0.4 is 9.62 Å². The number of halogens is 1. The van der Waals surface area contributed by atoms with Gasteiger partial charge in [0.1, 0.15) is 18.4 Å². The highest BCUT2D eigenvalue weighted by molar-refractivity contribution is 7.92. The van der Waals surface area contributed by atoms with Gasteiger partial charge in [0.2, 0.25) is 21.8 Å². The number of benzene rings is 2. The molecule has 0 saturated carbocycles.